The Labute approximate surface area is 158 Å². The zero-order valence-electron chi connectivity index (χ0n) is 16.1. The van der Waals surface area contributed by atoms with Crippen molar-refractivity contribution in [3.63, 3.8) is 0 Å². The van der Waals surface area contributed by atoms with Crippen molar-refractivity contribution in [2.75, 3.05) is 0 Å². The summed E-state index contributed by atoms with van der Waals surface area (Å²) in [4.78, 5) is 8.42. The van der Waals surface area contributed by atoms with Crippen LogP contribution < -0.4 is 0 Å². The summed E-state index contributed by atoms with van der Waals surface area (Å²) < 4.78 is 28.5. The average Bonchev–Trinajstić information content (AvgIpc) is 3.28. The molecule has 1 aliphatic heterocycles. The lowest BCUT2D eigenvalue weighted by Gasteiger charge is -2.32. The van der Waals surface area contributed by atoms with Crippen LogP contribution in [0.4, 0.5) is 4.39 Å². The van der Waals surface area contributed by atoms with Crippen LogP contribution in [0, 0.1) is 5.92 Å². The standard InChI is InChI=1S/C19H24BFN4O2/c1-18(2)19(3,4)27-20(26-18)16(21)9-14-12-25(11-13-5-6-13)24-17(14)15-10-22-7-8-23-15/h7-10,12-13H,5-6,11H2,1-4H3. The van der Waals surface area contributed by atoms with Crippen molar-refractivity contribution in [2.24, 2.45) is 5.92 Å². The molecule has 3 heterocycles. The van der Waals surface area contributed by atoms with Gasteiger partial charge in [0.15, 0.2) is 0 Å². The van der Waals surface area contributed by atoms with E-state index in [1.807, 2.05) is 38.6 Å². The Hall–Kier alpha value is -2.06. The SMILES string of the molecule is CC1(C)OB(C(F)=Cc2cn(CC3CC3)nc2-c2cnccn2)OC1(C)C. The fourth-order valence-corrected chi connectivity index (χ4v) is 2.99. The molecule has 1 saturated heterocycles. The minimum atomic E-state index is -1.03. The molecule has 27 heavy (non-hydrogen) atoms. The molecule has 4 rings (SSSR count). The largest absolute Gasteiger partial charge is 0.525 e. The van der Waals surface area contributed by atoms with E-state index in [0.717, 1.165) is 6.54 Å². The summed E-state index contributed by atoms with van der Waals surface area (Å²) in [5, 5.41) is 4.62. The summed E-state index contributed by atoms with van der Waals surface area (Å²) in [5.74, 6) is 0.657. The molecule has 0 aromatic carbocycles. The maximum absolute atomic E-state index is 15.0. The van der Waals surface area contributed by atoms with Gasteiger partial charge in [-0.1, -0.05) is 0 Å². The van der Waals surface area contributed by atoms with E-state index in [0.29, 0.717) is 22.9 Å². The summed E-state index contributed by atoms with van der Waals surface area (Å²) in [5.41, 5.74) is 0.197. The topological polar surface area (TPSA) is 62.1 Å². The summed E-state index contributed by atoms with van der Waals surface area (Å²) in [7, 11) is -1.03. The summed E-state index contributed by atoms with van der Waals surface area (Å²) in [6, 6.07) is 0. The summed E-state index contributed by atoms with van der Waals surface area (Å²) in [6.07, 6.45) is 10.6. The van der Waals surface area contributed by atoms with Crippen LogP contribution in [-0.4, -0.2) is 38.1 Å². The Morgan fingerprint density at radius 1 is 1.26 bits per heavy atom. The van der Waals surface area contributed by atoms with Crippen LogP contribution in [0.2, 0.25) is 0 Å². The molecule has 1 saturated carbocycles. The molecular weight excluding hydrogens is 346 g/mol. The van der Waals surface area contributed by atoms with E-state index >= 15 is 0 Å². The van der Waals surface area contributed by atoms with Gasteiger partial charge < -0.3 is 9.31 Å². The molecular formula is C19H24BFN4O2. The Morgan fingerprint density at radius 3 is 2.56 bits per heavy atom. The smallest absolute Gasteiger partial charge is 0.398 e. The van der Waals surface area contributed by atoms with Crippen molar-refractivity contribution in [3.8, 4) is 11.4 Å². The van der Waals surface area contributed by atoms with E-state index in [2.05, 4.69) is 15.1 Å². The number of halogens is 1. The lowest BCUT2D eigenvalue weighted by Crippen LogP contribution is -2.41. The third-order valence-electron chi connectivity index (χ3n) is 5.51. The quantitative estimate of drug-likeness (QED) is 0.752. The van der Waals surface area contributed by atoms with Gasteiger partial charge in [0.25, 0.3) is 0 Å². The van der Waals surface area contributed by atoms with Crippen LogP contribution >= 0.6 is 0 Å². The van der Waals surface area contributed by atoms with Crippen LogP contribution in [0.15, 0.2) is 30.5 Å². The van der Waals surface area contributed by atoms with Crippen molar-refractivity contribution >= 4 is 13.2 Å². The van der Waals surface area contributed by atoms with Crippen LogP contribution in [0.3, 0.4) is 0 Å². The van der Waals surface area contributed by atoms with Gasteiger partial charge in [-0.15, -0.1) is 0 Å². The first-order valence-corrected chi connectivity index (χ1v) is 9.32. The van der Waals surface area contributed by atoms with E-state index in [1.165, 1.54) is 18.9 Å². The van der Waals surface area contributed by atoms with Gasteiger partial charge in [0.05, 0.1) is 17.4 Å². The van der Waals surface area contributed by atoms with Crippen molar-refractivity contribution in [3.05, 3.63) is 36.1 Å². The lowest BCUT2D eigenvalue weighted by atomic mass is 9.87. The average molecular weight is 370 g/mol. The minimum Gasteiger partial charge on any atom is -0.398 e. The molecule has 1 aliphatic carbocycles. The molecule has 0 N–H and O–H groups in total. The number of hydrogen-bond donors (Lipinski definition) is 0. The Kier molecular flexibility index (Phi) is 4.43. The Morgan fingerprint density at radius 2 is 1.96 bits per heavy atom. The van der Waals surface area contributed by atoms with Gasteiger partial charge >= 0.3 is 7.12 Å². The maximum Gasteiger partial charge on any atom is 0.525 e. The zero-order chi connectivity index (χ0) is 19.2. The molecule has 2 aromatic rings. The van der Waals surface area contributed by atoms with Crippen molar-refractivity contribution < 1.29 is 13.7 Å². The van der Waals surface area contributed by atoms with Gasteiger partial charge in [0.2, 0.25) is 0 Å². The Bertz CT molecular complexity index is 846. The van der Waals surface area contributed by atoms with Crippen molar-refractivity contribution in [1.82, 2.24) is 19.7 Å². The zero-order valence-corrected chi connectivity index (χ0v) is 16.1. The van der Waals surface area contributed by atoms with E-state index in [1.54, 1.807) is 18.6 Å². The van der Waals surface area contributed by atoms with Gasteiger partial charge in [0.1, 0.15) is 17.1 Å². The Balaban J connectivity index is 1.66. The van der Waals surface area contributed by atoms with Gasteiger partial charge in [-0.25, -0.2) is 4.39 Å². The first kappa shape index (κ1) is 18.3. The molecule has 0 radical (unpaired) electrons. The molecule has 0 spiro atoms. The second kappa shape index (κ2) is 6.53. The van der Waals surface area contributed by atoms with E-state index in [-0.39, 0.29) is 0 Å². The monoisotopic (exact) mass is 370 g/mol. The highest BCUT2D eigenvalue weighted by atomic mass is 19.1. The first-order chi connectivity index (χ1) is 12.7. The molecule has 6 nitrogen and oxygen atoms in total. The molecule has 0 amide bonds. The molecule has 2 aromatic heterocycles. The molecule has 8 heteroatoms. The summed E-state index contributed by atoms with van der Waals surface area (Å²) in [6.45, 7) is 8.44. The maximum atomic E-state index is 15.0. The first-order valence-electron chi connectivity index (χ1n) is 9.32. The van der Waals surface area contributed by atoms with Gasteiger partial charge in [-0.3, -0.25) is 14.6 Å². The predicted molar refractivity (Wildman–Crippen MR) is 101 cm³/mol. The lowest BCUT2D eigenvalue weighted by molar-refractivity contribution is 0.00578. The van der Waals surface area contributed by atoms with Crippen LogP contribution in [0.5, 0.6) is 0 Å². The van der Waals surface area contributed by atoms with Crippen molar-refractivity contribution in [1.29, 1.82) is 0 Å². The highest BCUT2D eigenvalue weighted by Gasteiger charge is 2.53. The number of hydrogen-bond acceptors (Lipinski definition) is 5. The van der Waals surface area contributed by atoms with E-state index in [4.69, 9.17) is 9.31 Å². The second-order valence-electron chi connectivity index (χ2n) is 8.31. The van der Waals surface area contributed by atoms with Crippen LogP contribution in [-0.2, 0) is 15.9 Å². The number of nitrogens with zero attached hydrogens (tertiary/aromatic N) is 4. The van der Waals surface area contributed by atoms with E-state index < -0.39 is 24.0 Å². The fraction of sp³-hybridized carbons (Fsp3) is 0.526. The summed E-state index contributed by atoms with van der Waals surface area (Å²) >= 11 is 0. The van der Waals surface area contributed by atoms with E-state index in [9.17, 15) is 4.39 Å². The molecule has 142 valence electrons. The molecule has 0 unspecified atom stereocenters. The molecule has 2 aliphatic rings. The highest BCUT2D eigenvalue weighted by Crippen LogP contribution is 2.39. The fourth-order valence-electron chi connectivity index (χ4n) is 2.99. The highest BCUT2D eigenvalue weighted by molar-refractivity contribution is 6.54. The predicted octanol–water partition coefficient (Wildman–Crippen LogP) is 3.69. The van der Waals surface area contributed by atoms with Gasteiger partial charge in [0, 0.05) is 30.7 Å². The third kappa shape index (κ3) is 3.68. The molecule has 0 atom stereocenters. The molecule has 0 bridgehead atoms. The van der Waals surface area contributed by atoms with Crippen LogP contribution in [0.25, 0.3) is 17.5 Å². The normalized spacial score (nSPS) is 21.7. The third-order valence-corrected chi connectivity index (χ3v) is 5.51. The second-order valence-corrected chi connectivity index (χ2v) is 8.31. The minimum absolute atomic E-state index is 0.482. The van der Waals surface area contributed by atoms with Gasteiger partial charge in [-0.2, -0.15) is 5.10 Å². The van der Waals surface area contributed by atoms with Crippen molar-refractivity contribution in [2.45, 2.75) is 58.3 Å². The number of aromatic nitrogens is 4. The van der Waals surface area contributed by atoms with Crippen LogP contribution in [0.1, 0.15) is 46.1 Å². The number of rotatable bonds is 5. The molecule has 2 fully saturated rings. The van der Waals surface area contributed by atoms with Gasteiger partial charge in [-0.05, 0) is 52.5 Å².